The molecule has 0 bridgehead atoms. The van der Waals surface area contributed by atoms with E-state index in [9.17, 15) is 39.0 Å². The molecular weight excluding hydrogens is 1620 g/mol. The van der Waals surface area contributed by atoms with Crippen LogP contribution in [0.3, 0.4) is 0 Å². The van der Waals surface area contributed by atoms with Crippen molar-refractivity contribution in [3.05, 3.63) is 256 Å². The summed E-state index contributed by atoms with van der Waals surface area (Å²) in [7, 11) is 0. The monoisotopic (exact) mass is 1740 g/mol. The van der Waals surface area contributed by atoms with E-state index in [1.807, 2.05) is 150 Å². The fourth-order valence-corrected chi connectivity index (χ4v) is 15.3. The average Bonchev–Trinajstić information content (AvgIpc) is 1.76. The molecule has 664 valence electrons. The molecule has 125 heavy (non-hydrogen) atoms. The molecule has 0 radical (unpaired) electrons. The zero-order chi connectivity index (χ0) is 88.6. The maximum atomic E-state index is 12.6. The Morgan fingerprint density at radius 2 is 0.728 bits per heavy atom. The SMILES string of the molecule is CC(C)c1cc(-c2n[nH]c(=O)n2-c2ccc(CN3CCOCC3)cc2)c(O)cc1O.Cc1cc(C)c(C(C)C)cc1-c1n[nH]c(=O)n1-c1ccc(CN2CCOCC2)cc1.Cc1cc(C)c(C(C)C)cc1C(=O)NNC(=O)Nc1ccc(CN2CCOCC2)cc1.Cc1cc(C)c(C(C)C)cc1C(=O)O.NNC(=O)Nc1ccc(CN2CCOCC2)cc1.[K+].[OH-]. The zero-order valence-corrected chi connectivity index (χ0v) is 78.0. The minimum absolute atomic E-state index is 0. The number of aromatic hydroxyl groups is 2. The van der Waals surface area contributed by atoms with Crippen molar-refractivity contribution < 1.29 is 110 Å². The number of anilines is 2. The molecule has 30 nitrogen and oxygen atoms in total. The topological polar surface area (TPSA) is 396 Å². The number of hydrazine groups is 2. The Morgan fingerprint density at radius 1 is 0.408 bits per heavy atom. The largest absolute Gasteiger partial charge is 1.00 e. The number of H-pyrrole nitrogens is 2. The molecule has 13 N–H and O–H groups in total. The molecule has 2 aromatic heterocycles. The molecule has 0 atom stereocenters. The Hall–Kier alpha value is -10.0. The van der Waals surface area contributed by atoms with Crippen LogP contribution in [0.4, 0.5) is 21.0 Å². The third-order valence-electron chi connectivity index (χ3n) is 22.0. The van der Waals surface area contributed by atoms with Crippen LogP contribution in [0.2, 0.25) is 0 Å². The molecule has 4 aliphatic rings. The van der Waals surface area contributed by atoms with Gasteiger partial charge < -0.3 is 50.4 Å². The number of rotatable bonds is 20. The molecule has 4 fully saturated rings. The number of aromatic nitrogens is 6. The van der Waals surface area contributed by atoms with Crippen LogP contribution >= 0.6 is 0 Å². The van der Waals surface area contributed by atoms with Crippen LogP contribution < -0.4 is 95.5 Å². The summed E-state index contributed by atoms with van der Waals surface area (Å²) < 4.78 is 24.6. The number of morpholine rings is 4. The van der Waals surface area contributed by atoms with Crippen molar-refractivity contribution in [3.8, 4) is 45.6 Å². The molecule has 31 heteroatoms. The van der Waals surface area contributed by atoms with Crippen molar-refractivity contribution in [2.24, 2.45) is 5.84 Å². The summed E-state index contributed by atoms with van der Waals surface area (Å²) in [6.07, 6.45) is 0. The quantitative estimate of drug-likeness (QED) is 0.0146. The van der Waals surface area contributed by atoms with Gasteiger partial charge in [0.05, 0.1) is 75.4 Å². The van der Waals surface area contributed by atoms with Gasteiger partial charge in [0.15, 0.2) is 11.6 Å². The summed E-state index contributed by atoms with van der Waals surface area (Å²) in [6.45, 7) is 45.8. The van der Waals surface area contributed by atoms with Crippen molar-refractivity contribution in [1.82, 2.24) is 65.4 Å². The predicted molar refractivity (Wildman–Crippen MR) is 482 cm³/mol. The first kappa shape index (κ1) is 100. The molecule has 5 amide bonds. The van der Waals surface area contributed by atoms with Gasteiger partial charge in [-0.1, -0.05) is 122 Å². The molecular formula is C94H123KN16O14. The second-order valence-electron chi connectivity index (χ2n) is 32.7. The van der Waals surface area contributed by atoms with Gasteiger partial charge in [-0.3, -0.25) is 35.2 Å². The van der Waals surface area contributed by atoms with Crippen LogP contribution in [-0.2, 0) is 45.1 Å². The normalized spacial score (nSPS) is 14.3. The molecule has 0 saturated carbocycles. The maximum Gasteiger partial charge on any atom is 1.00 e. The number of hydrogen-bond donors (Lipinski definition) is 11. The number of phenolic OH excluding ortho intramolecular Hbond substituents is 2. The van der Waals surface area contributed by atoms with Gasteiger partial charge in [-0.25, -0.2) is 54.6 Å². The van der Waals surface area contributed by atoms with Gasteiger partial charge in [-0.2, -0.15) is 10.2 Å². The van der Waals surface area contributed by atoms with Crippen LogP contribution in [-0.4, -0.2) is 199 Å². The predicted octanol–water partition coefficient (Wildman–Crippen LogP) is 10.6. The summed E-state index contributed by atoms with van der Waals surface area (Å²) in [5.74, 6) is 5.77. The molecule has 0 aliphatic carbocycles. The molecule has 14 rings (SSSR count). The van der Waals surface area contributed by atoms with Gasteiger partial charge in [0.2, 0.25) is 0 Å². The van der Waals surface area contributed by atoms with Crippen LogP contribution in [0, 0.1) is 41.5 Å². The van der Waals surface area contributed by atoms with Gasteiger partial charge in [0.25, 0.3) is 5.91 Å². The third-order valence-corrected chi connectivity index (χ3v) is 22.0. The fraction of sp³-hybridized carbons (Fsp3) is 0.404. The number of urea groups is 2. The van der Waals surface area contributed by atoms with Gasteiger partial charge >= 0.3 is 80.8 Å². The summed E-state index contributed by atoms with van der Waals surface area (Å²) in [6, 6.07) is 45.4. The number of nitrogens with zero attached hydrogens (tertiary/aromatic N) is 8. The van der Waals surface area contributed by atoms with Crippen molar-refractivity contribution in [2.45, 2.75) is 147 Å². The third kappa shape index (κ3) is 28.7. The summed E-state index contributed by atoms with van der Waals surface area (Å²) >= 11 is 0. The smallest absolute Gasteiger partial charge is 0.870 e. The first-order valence-corrected chi connectivity index (χ1v) is 42.1. The van der Waals surface area contributed by atoms with E-state index in [0.717, 1.165) is 187 Å². The summed E-state index contributed by atoms with van der Waals surface area (Å²) in [4.78, 5) is 81.2. The molecule has 4 aliphatic heterocycles. The number of benzene rings is 8. The van der Waals surface area contributed by atoms with Crippen molar-refractivity contribution in [2.75, 3.05) is 116 Å². The number of aromatic carboxylic acids is 1. The number of nitrogens with two attached hydrogens (primary N) is 1. The van der Waals surface area contributed by atoms with Gasteiger partial charge in [-0.05, 0) is 216 Å². The standard InChI is InChI=1S/C24H32N4O3.C24H30N4O2.C22H26N4O4.C12H18N4O2.C12H16O2.K.H2O/c1-16(2)21-14-22(18(4)13-17(21)3)23(29)26-27-24(30)25-20-7-5-19(6-8-20)15-28-9-11-31-12-10-28;1-16(2)21-14-22(18(4)13-17(21)3)23-25-26-24(29)28(23)20-7-5-19(6-8-20)15-27-9-11-30-12-10-27;1-14(2)17-11-18(20(28)12-19(17)27)21-23-24-22(29)26(21)16-5-3-15(4-6-16)13-25-7-9-30-10-8-25;13-15-12(17)14-11-3-1-10(2-4-11)9-16-5-7-18-8-6-16;1-7(2)10-6-11(12(13)14)9(4)5-8(10)3;;/h5-8,13-14,16H,9-12,15H2,1-4H3,(H,26,29)(H2,25,27,30);5-8,13-14,16H,9-12,15H2,1-4H3,(H,26,29);3-6,11-12,14,27-28H,7-10,13H2,1-2H3,(H,24,29);1-4H,5-9,13H2,(H2,14,15,17);5-7H,1-4H3,(H,13,14);;1H2/q;;;;;+1;/p-1. The van der Waals surface area contributed by atoms with E-state index in [2.05, 4.69) is 141 Å². The van der Waals surface area contributed by atoms with Crippen LogP contribution in [0.15, 0.2) is 155 Å². The number of phenols is 2. The molecule has 0 unspecified atom stereocenters. The van der Waals surface area contributed by atoms with Crippen LogP contribution in [0.25, 0.3) is 34.2 Å². The van der Waals surface area contributed by atoms with Crippen molar-refractivity contribution in [3.63, 3.8) is 0 Å². The molecule has 10 aromatic rings. The van der Waals surface area contributed by atoms with Crippen molar-refractivity contribution in [1.29, 1.82) is 0 Å². The Kier molecular flexibility index (Phi) is 39.0. The summed E-state index contributed by atoms with van der Waals surface area (Å²) in [5.41, 5.74) is 26.9. The first-order valence-electron chi connectivity index (χ1n) is 42.1. The number of nitrogens with one attached hydrogen (secondary N) is 7. The Morgan fingerprint density at radius 3 is 1.09 bits per heavy atom. The number of carboxylic acid groups (broad SMARTS) is 1. The number of ether oxygens (including phenoxy) is 4. The zero-order valence-electron chi connectivity index (χ0n) is 74.8. The second-order valence-corrected chi connectivity index (χ2v) is 32.7. The van der Waals surface area contributed by atoms with Gasteiger partial charge in [-0.15, -0.1) is 0 Å². The number of hydrogen-bond acceptors (Lipinski definition) is 20. The Labute approximate surface area is 774 Å². The number of aryl methyl sites for hydroxylation is 6. The van der Waals surface area contributed by atoms with E-state index in [1.165, 1.54) is 44.0 Å². The molecule has 8 aromatic carbocycles. The average molecular weight is 1740 g/mol. The van der Waals surface area contributed by atoms with E-state index in [0.29, 0.717) is 63.0 Å². The molecule has 0 spiro atoms. The van der Waals surface area contributed by atoms with Gasteiger partial charge in [0.1, 0.15) is 11.5 Å². The molecule has 6 heterocycles. The Balaban J connectivity index is 0.000000198. The van der Waals surface area contributed by atoms with E-state index in [-0.39, 0.29) is 85.9 Å². The number of carboxylic acids is 1. The summed E-state index contributed by atoms with van der Waals surface area (Å²) in [5, 5.41) is 48.5. The Bertz CT molecular complexity index is 5120. The van der Waals surface area contributed by atoms with Crippen molar-refractivity contribution >= 4 is 35.3 Å². The number of amides is 5. The first-order chi connectivity index (χ1) is 58.9. The minimum Gasteiger partial charge on any atom is -0.870 e. The van der Waals surface area contributed by atoms with Crippen LogP contribution in [0.5, 0.6) is 11.5 Å². The number of aromatic amines is 2. The molecule has 4 saturated heterocycles. The second kappa shape index (κ2) is 48.6. The fourth-order valence-electron chi connectivity index (χ4n) is 15.3. The van der Waals surface area contributed by atoms with E-state index >= 15 is 0 Å². The minimum atomic E-state index is -0.843. The van der Waals surface area contributed by atoms with Gasteiger partial charge in [0, 0.05) is 107 Å². The van der Waals surface area contributed by atoms with E-state index in [4.69, 9.17) is 29.9 Å². The van der Waals surface area contributed by atoms with E-state index < -0.39 is 23.7 Å². The van der Waals surface area contributed by atoms with Crippen LogP contribution in [0.1, 0.15) is 178 Å². The number of carbonyl (C=O) groups is 4. The van der Waals surface area contributed by atoms with E-state index in [1.54, 1.807) is 16.7 Å². The number of carbonyl (C=O) groups excluding carboxylic acids is 3. The maximum absolute atomic E-state index is 12.6.